The molecule has 0 fully saturated rings. The largest absolute Gasteiger partial charge is 0.324 e. The molecular formula is C11H13Cl2F2N. The lowest BCUT2D eigenvalue weighted by Gasteiger charge is -2.14. The molecule has 0 radical (unpaired) electrons. The first-order valence-corrected chi connectivity index (χ1v) is 4.84. The second-order valence-corrected chi connectivity index (χ2v) is 3.99. The van der Waals surface area contributed by atoms with E-state index in [1.807, 2.05) is 0 Å². The molecule has 0 aliphatic carbocycles. The highest BCUT2D eigenvalue weighted by atomic mass is 35.5. The summed E-state index contributed by atoms with van der Waals surface area (Å²) in [5.41, 5.74) is 6.30. The molecule has 0 spiro atoms. The minimum atomic E-state index is -0.722. The zero-order chi connectivity index (χ0) is 11.6. The van der Waals surface area contributed by atoms with E-state index in [-0.39, 0.29) is 23.0 Å². The molecule has 1 aromatic rings. The van der Waals surface area contributed by atoms with E-state index in [1.54, 1.807) is 6.92 Å². The second kappa shape index (κ2) is 6.18. The average molecular weight is 268 g/mol. The molecule has 5 heteroatoms. The Kier molecular flexibility index (Phi) is 5.94. The van der Waals surface area contributed by atoms with E-state index in [9.17, 15) is 8.78 Å². The molecule has 1 nitrogen and oxygen atoms in total. The maximum absolute atomic E-state index is 13.4. The van der Waals surface area contributed by atoms with Gasteiger partial charge in [-0.1, -0.05) is 17.2 Å². The van der Waals surface area contributed by atoms with Crippen LogP contribution in [0.15, 0.2) is 24.3 Å². The van der Waals surface area contributed by atoms with Gasteiger partial charge in [0, 0.05) is 16.6 Å². The van der Waals surface area contributed by atoms with E-state index < -0.39 is 17.7 Å². The smallest absolute Gasteiger partial charge is 0.132 e. The highest BCUT2D eigenvalue weighted by molar-refractivity contribution is 6.30. The maximum Gasteiger partial charge on any atom is 0.132 e. The lowest BCUT2D eigenvalue weighted by Crippen LogP contribution is -2.14. The minimum Gasteiger partial charge on any atom is -0.324 e. The summed E-state index contributed by atoms with van der Waals surface area (Å²) in [5, 5.41) is 0.0243. The van der Waals surface area contributed by atoms with Crippen molar-refractivity contribution in [2.45, 2.75) is 19.4 Å². The quantitative estimate of drug-likeness (QED) is 0.823. The summed E-state index contributed by atoms with van der Waals surface area (Å²) >= 11 is 5.49. The molecule has 0 heterocycles. The van der Waals surface area contributed by atoms with Crippen LogP contribution in [0.25, 0.3) is 0 Å². The molecule has 0 aromatic heterocycles. The van der Waals surface area contributed by atoms with Gasteiger partial charge < -0.3 is 5.73 Å². The monoisotopic (exact) mass is 267 g/mol. The first-order chi connectivity index (χ1) is 6.91. The third kappa shape index (κ3) is 3.74. The molecule has 1 rings (SSSR count). The standard InChI is InChI=1S/C11H12ClF2N.ClH/c1-6(2)3-10(15)11-8(13)4-7(12)5-9(11)14;/h4-5,10H,1,3,15H2,2H3;1H/t10-;/m1./s1. The summed E-state index contributed by atoms with van der Waals surface area (Å²) in [5.74, 6) is -1.43. The van der Waals surface area contributed by atoms with Crippen LogP contribution in [-0.4, -0.2) is 0 Å². The second-order valence-electron chi connectivity index (χ2n) is 3.55. The van der Waals surface area contributed by atoms with Crippen molar-refractivity contribution in [1.82, 2.24) is 0 Å². The van der Waals surface area contributed by atoms with Crippen molar-refractivity contribution in [3.8, 4) is 0 Å². The third-order valence-electron chi connectivity index (χ3n) is 1.98. The van der Waals surface area contributed by atoms with Crippen molar-refractivity contribution >= 4 is 24.0 Å². The predicted molar refractivity (Wildman–Crippen MR) is 65.0 cm³/mol. The predicted octanol–water partition coefficient (Wildman–Crippen LogP) is 4.01. The Hall–Kier alpha value is -0.640. The molecule has 0 bridgehead atoms. The molecule has 0 amide bonds. The Labute approximate surface area is 105 Å². The van der Waals surface area contributed by atoms with Crippen LogP contribution in [0.3, 0.4) is 0 Å². The van der Waals surface area contributed by atoms with Gasteiger partial charge in [0.15, 0.2) is 0 Å². The zero-order valence-electron chi connectivity index (χ0n) is 8.77. The minimum absolute atomic E-state index is 0. The van der Waals surface area contributed by atoms with Crippen molar-refractivity contribution in [3.63, 3.8) is 0 Å². The molecule has 0 unspecified atom stereocenters. The van der Waals surface area contributed by atoms with Crippen molar-refractivity contribution in [2.24, 2.45) is 5.73 Å². The lowest BCUT2D eigenvalue weighted by atomic mass is 10.0. The van der Waals surface area contributed by atoms with Gasteiger partial charge in [0.25, 0.3) is 0 Å². The van der Waals surface area contributed by atoms with Gasteiger partial charge in [-0.3, -0.25) is 0 Å². The lowest BCUT2D eigenvalue weighted by molar-refractivity contribution is 0.524. The molecular weight excluding hydrogens is 255 g/mol. The Morgan fingerprint density at radius 2 is 1.88 bits per heavy atom. The van der Waals surface area contributed by atoms with Crippen LogP contribution in [0, 0.1) is 11.6 Å². The van der Waals surface area contributed by atoms with Crippen molar-refractivity contribution < 1.29 is 8.78 Å². The number of hydrogen-bond acceptors (Lipinski definition) is 1. The summed E-state index contributed by atoms with van der Waals surface area (Å²) < 4.78 is 26.8. The number of rotatable bonds is 3. The van der Waals surface area contributed by atoms with Crippen molar-refractivity contribution in [2.75, 3.05) is 0 Å². The summed E-state index contributed by atoms with van der Waals surface area (Å²) in [7, 11) is 0. The molecule has 90 valence electrons. The van der Waals surface area contributed by atoms with Crippen LogP contribution < -0.4 is 5.73 Å². The highest BCUT2D eigenvalue weighted by Gasteiger charge is 2.17. The molecule has 0 aliphatic heterocycles. The fourth-order valence-electron chi connectivity index (χ4n) is 1.39. The Morgan fingerprint density at radius 3 is 2.25 bits per heavy atom. The average Bonchev–Trinajstić information content (AvgIpc) is 1.99. The van der Waals surface area contributed by atoms with Gasteiger partial charge in [-0.15, -0.1) is 19.0 Å². The van der Waals surface area contributed by atoms with Gasteiger partial charge in [-0.2, -0.15) is 0 Å². The summed E-state index contributed by atoms with van der Waals surface area (Å²) in [6.07, 6.45) is 0.343. The molecule has 1 aromatic carbocycles. The highest BCUT2D eigenvalue weighted by Crippen LogP contribution is 2.26. The molecule has 2 N–H and O–H groups in total. The summed E-state index contributed by atoms with van der Waals surface area (Å²) in [6.45, 7) is 5.40. The topological polar surface area (TPSA) is 26.0 Å². The Balaban J connectivity index is 0.00000225. The van der Waals surface area contributed by atoms with Gasteiger partial charge in [-0.05, 0) is 25.5 Å². The number of hydrogen-bond donors (Lipinski definition) is 1. The van der Waals surface area contributed by atoms with E-state index in [1.165, 1.54) is 0 Å². The first kappa shape index (κ1) is 15.4. The fourth-order valence-corrected chi connectivity index (χ4v) is 1.58. The number of benzene rings is 1. The van der Waals surface area contributed by atoms with E-state index in [0.29, 0.717) is 6.42 Å². The van der Waals surface area contributed by atoms with Crippen LogP contribution in [0.5, 0.6) is 0 Å². The molecule has 16 heavy (non-hydrogen) atoms. The number of halogens is 4. The van der Waals surface area contributed by atoms with Crippen LogP contribution in [-0.2, 0) is 0 Å². The van der Waals surface area contributed by atoms with E-state index in [0.717, 1.165) is 17.7 Å². The molecule has 0 saturated heterocycles. The van der Waals surface area contributed by atoms with Gasteiger partial charge >= 0.3 is 0 Å². The van der Waals surface area contributed by atoms with Gasteiger partial charge in [0.2, 0.25) is 0 Å². The molecule has 1 atom stereocenters. The van der Waals surface area contributed by atoms with Crippen LogP contribution in [0.2, 0.25) is 5.02 Å². The van der Waals surface area contributed by atoms with Gasteiger partial charge in [-0.25, -0.2) is 8.78 Å². The van der Waals surface area contributed by atoms with Crippen LogP contribution >= 0.6 is 24.0 Å². The third-order valence-corrected chi connectivity index (χ3v) is 2.20. The normalized spacial score (nSPS) is 11.8. The first-order valence-electron chi connectivity index (χ1n) is 4.46. The van der Waals surface area contributed by atoms with Crippen molar-refractivity contribution in [3.05, 3.63) is 46.5 Å². The fraction of sp³-hybridized carbons (Fsp3) is 0.273. The van der Waals surface area contributed by atoms with E-state index >= 15 is 0 Å². The van der Waals surface area contributed by atoms with Crippen LogP contribution in [0.1, 0.15) is 24.9 Å². The molecule has 0 aliphatic rings. The number of nitrogens with two attached hydrogens (primary N) is 1. The van der Waals surface area contributed by atoms with E-state index in [2.05, 4.69) is 6.58 Å². The van der Waals surface area contributed by atoms with Crippen LogP contribution in [0.4, 0.5) is 8.78 Å². The van der Waals surface area contributed by atoms with Crippen molar-refractivity contribution in [1.29, 1.82) is 0 Å². The zero-order valence-corrected chi connectivity index (χ0v) is 10.3. The van der Waals surface area contributed by atoms with Gasteiger partial charge in [0.05, 0.1) is 0 Å². The maximum atomic E-state index is 13.4. The van der Waals surface area contributed by atoms with Gasteiger partial charge in [0.1, 0.15) is 11.6 Å². The summed E-state index contributed by atoms with van der Waals surface area (Å²) in [4.78, 5) is 0. The SMILES string of the molecule is C=C(C)C[C@@H](N)c1c(F)cc(Cl)cc1F.Cl. The molecule has 0 saturated carbocycles. The Morgan fingerprint density at radius 1 is 1.44 bits per heavy atom. The Bertz CT molecular complexity index is 371. The summed E-state index contributed by atoms with van der Waals surface area (Å²) in [6, 6.07) is 1.39. The van der Waals surface area contributed by atoms with E-state index in [4.69, 9.17) is 17.3 Å².